The molecule has 1 aliphatic rings. The fraction of sp³-hybridized carbons (Fsp3) is 0.300. The third kappa shape index (κ3) is 3.77. The lowest BCUT2D eigenvalue weighted by Gasteiger charge is -2.32. The predicted molar refractivity (Wildman–Crippen MR) is 104 cm³/mol. The summed E-state index contributed by atoms with van der Waals surface area (Å²) < 4.78 is 47.3. The number of aromatic nitrogens is 2. The van der Waals surface area contributed by atoms with Crippen molar-refractivity contribution in [2.24, 2.45) is 0 Å². The Hall–Kier alpha value is -2.94. The van der Waals surface area contributed by atoms with Gasteiger partial charge in [0.25, 0.3) is 5.91 Å². The van der Waals surface area contributed by atoms with Crippen LogP contribution in [0.5, 0.6) is 0 Å². The quantitative estimate of drug-likeness (QED) is 0.618. The number of furan rings is 1. The zero-order valence-corrected chi connectivity index (χ0v) is 16.6. The molecule has 1 amide bonds. The second-order valence-corrected chi connectivity index (χ2v) is 7.49. The Kier molecular flexibility index (Phi) is 5.23. The summed E-state index contributed by atoms with van der Waals surface area (Å²) in [6, 6.07) is 9.71. The molecular weight excluding hydrogens is 421 g/mol. The van der Waals surface area contributed by atoms with Crippen molar-refractivity contribution in [3.8, 4) is 0 Å². The minimum absolute atomic E-state index is 0.0527. The van der Waals surface area contributed by atoms with Crippen LogP contribution in [0, 0.1) is 0 Å². The average Bonchev–Trinajstić information content (AvgIpc) is 3.35. The van der Waals surface area contributed by atoms with Gasteiger partial charge >= 0.3 is 6.18 Å². The first-order valence-corrected chi connectivity index (χ1v) is 9.57. The van der Waals surface area contributed by atoms with E-state index in [4.69, 9.17) is 16.0 Å². The minimum Gasteiger partial charge on any atom is -0.467 e. The predicted octanol–water partition coefficient (Wildman–Crippen LogP) is 5.06. The second-order valence-electron chi connectivity index (χ2n) is 7.11. The molecule has 1 aliphatic heterocycles. The van der Waals surface area contributed by atoms with Gasteiger partial charge in [-0.05, 0) is 17.7 Å². The molecule has 3 heterocycles. The van der Waals surface area contributed by atoms with Crippen LogP contribution in [0.2, 0.25) is 5.02 Å². The molecule has 0 unspecified atom stereocenters. The van der Waals surface area contributed by atoms with Gasteiger partial charge in [0, 0.05) is 20.0 Å². The SMILES string of the molecule is CN(Cc1ccccc1)C(=O)c1nn2c(c1Cl)N[C@@H](c1ccco1)C[C@@H]2C(F)(F)F. The highest BCUT2D eigenvalue weighted by molar-refractivity contribution is 6.36. The van der Waals surface area contributed by atoms with Crippen LogP contribution in [0.4, 0.5) is 19.0 Å². The number of alkyl halides is 3. The van der Waals surface area contributed by atoms with Crippen molar-refractivity contribution in [1.82, 2.24) is 14.7 Å². The Balaban J connectivity index is 1.67. The average molecular weight is 439 g/mol. The monoisotopic (exact) mass is 438 g/mol. The van der Waals surface area contributed by atoms with Crippen LogP contribution >= 0.6 is 11.6 Å². The summed E-state index contributed by atoms with van der Waals surface area (Å²) >= 11 is 6.34. The number of carbonyl (C=O) groups excluding carboxylic acids is 1. The molecule has 0 bridgehead atoms. The molecule has 1 aromatic carbocycles. The largest absolute Gasteiger partial charge is 0.467 e. The number of benzene rings is 1. The molecule has 4 rings (SSSR count). The molecular formula is C20H18ClF3N4O2. The highest BCUT2D eigenvalue weighted by Crippen LogP contribution is 2.46. The van der Waals surface area contributed by atoms with Crippen LogP contribution < -0.4 is 5.32 Å². The number of anilines is 1. The number of halogens is 4. The fourth-order valence-electron chi connectivity index (χ4n) is 3.51. The molecule has 0 aliphatic carbocycles. The van der Waals surface area contributed by atoms with E-state index < -0.39 is 24.2 Å². The van der Waals surface area contributed by atoms with Crippen LogP contribution in [0.1, 0.15) is 40.3 Å². The van der Waals surface area contributed by atoms with E-state index in [0.717, 1.165) is 10.2 Å². The zero-order chi connectivity index (χ0) is 21.5. The van der Waals surface area contributed by atoms with E-state index in [9.17, 15) is 18.0 Å². The summed E-state index contributed by atoms with van der Waals surface area (Å²) in [6.07, 6.45) is -3.52. The molecule has 0 spiro atoms. The van der Waals surface area contributed by atoms with Gasteiger partial charge in [0.2, 0.25) is 0 Å². The second kappa shape index (κ2) is 7.71. The number of nitrogens with one attached hydrogen (secondary N) is 1. The van der Waals surface area contributed by atoms with Crippen molar-refractivity contribution in [3.05, 3.63) is 70.8 Å². The maximum Gasteiger partial charge on any atom is 0.410 e. The lowest BCUT2D eigenvalue weighted by molar-refractivity contribution is -0.174. The normalized spacial score (nSPS) is 18.6. The number of hydrogen-bond acceptors (Lipinski definition) is 4. The van der Waals surface area contributed by atoms with Gasteiger partial charge in [0.1, 0.15) is 16.6 Å². The number of rotatable bonds is 4. The standard InChI is InChI=1S/C20H18ClF3N4O2/c1-27(11-12-6-3-2-4-7-12)19(29)17-16(21)18-25-13(14-8-5-9-30-14)10-15(20(22,23)24)28(18)26-17/h2-9,13,15,25H,10-11H2,1H3/t13-,15-/m1/s1. The molecule has 1 N–H and O–H groups in total. The Morgan fingerprint density at radius 1 is 1.30 bits per heavy atom. The lowest BCUT2D eigenvalue weighted by Crippen LogP contribution is -2.35. The molecule has 3 aromatic rings. The first kappa shape index (κ1) is 20.3. The summed E-state index contributed by atoms with van der Waals surface area (Å²) in [6.45, 7) is 0.267. The van der Waals surface area contributed by atoms with Gasteiger partial charge in [-0.15, -0.1) is 0 Å². The number of amides is 1. The van der Waals surface area contributed by atoms with E-state index in [1.54, 1.807) is 19.2 Å². The van der Waals surface area contributed by atoms with E-state index in [1.807, 2.05) is 30.3 Å². The van der Waals surface area contributed by atoms with Crippen molar-refractivity contribution < 1.29 is 22.4 Å². The highest BCUT2D eigenvalue weighted by atomic mass is 35.5. The summed E-state index contributed by atoms with van der Waals surface area (Å²) in [5, 5.41) is 6.75. The molecule has 0 radical (unpaired) electrons. The van der Waals surface area contributed by atoms with Crippen molar-refractivity contribution >= 4 is 23.3 Å². The van der Waals surface area contributed by atoms with E-state index in [1.165, 1.54) is 11.2 Å². The minimum atomic E-state index is -4.58. The van der Waals surface area contributed by atoms with E-state index in [-0.39, 0.29) is 29.5 Å². The molecule has 30 heavy (non-hydrogen) atoms. The van der Waals surface area contributed by atoms with E-state index in [2.05, 4.69) is 10.4 Å². The Morgan fingerprint density at radius 2 is 2.03 bits per heavy atom. The first-order valence-electron chi connectivity index (χ1n) is 9.19. The summed E-state index contributed by atoms with van der Waals surface area (Å²) in [7, 11) is 1.55. The first-order chi connectivity index (χ1) is 14.3. The molecule has 158 valence electrons. The van der Waals surface area contributed by atoms with Crippen molar-refractivity contribution in [2.45, 2.75) is 31.2 Å². The van der Waals surface area contributed by atoms with E-state index in [0.29, 0.717) is 5.76 Å². The van der Waals surface area contributed by atoms with Gasteiger partial charge in [-0.2, -0.15) is 18.3 Å². The topological polar surface area (TPSA) is 63.3 Å². The van der Waals surface area contributed by atoms with E-state index >= 15 is 0 Å². The van der Waals surface area contributed by atoms with Crippen LogP contribution in [0.3, 0.4) is 0 Å². The third-order valence-corrected chi connectivity index (χ3v) is 5.35. The molecule has 6 nitrogen and oxygen atoms in total. The highest BCUT2D eigenvalue weighted by Gasteiger charge is 2.48. The van der Waals surface area contributed by atoms with Crippen LogP contribution in [0.25, 0.3) is 0 Å². The maximum atomic E-state index is 13.8. The van der Waals surface area contributed by atoms with Gasteiger partial charge in [0.15, 0.2) is 11.7 Å². The number of fused-ring (bicyclic) bond motifs is 1. The van der Waals surface area contributed by atoms with Gasteiger partial charge in [-0.3, -0.25) is 4.79 Å². The number of nitrogens with zero attached hydrogens (tertiary/aromatic N) is 3. The summed E-state index contributed by atoms with van der Waals surface area (Å²) in [5.74, 6) is -0.270. The number of hydrogen-bond donors (Lipinski definition) is 1. The maximum absolute atomic E-state index is 13.8. The van der Waals surface area contributed by atoms with Gasteiger partial charge in [-0.25, -0.2) is 4.68 Å². The van der Waals surface area contributed by atoms with Crippen LogP contribution in [0.15, 0.2) is 53.1 Å². The Bertz CT molecular complexity index is 1030. The molecule has 10 heteroatoms. The van der Waals surface area contributed by atoms with Gasteiger partial charge < -0.3 is 14.6 Å². The fourth-order valence-corrected chi connectivity index (χ4v) is 3.77. The van der Waals surface area contributed by atoms with Crippen LogP contribution in [-0.2, 0) is 6.54 Å². The smallest absolute Gasteiger partial charge is 0.410 e. The van der Waals surface area contributed by atoms with Crippen LogP contribution in [-0.4, -0.2) is 33.8 Å². The number of carbonyl (C=O) groups is 1. The van der Waals surface area contributed by atoms with Gasteiger partial charge in [-0.1, -0.05) is 41.9 Å². The lowest BCUT2D eigenvalue weighted by atomic mass is 10.0. The van der Waals surface area contributed by atoms with Crippen molar-refractivity contribution in [3.63, 3.8) is 0 Å². The molecule has 0 saturated heterocycles. The zero-order valence-electron chi connectivity index (χ0n) is 15.9. The summed E-state index contributed by atoms with van der Waals surface area (Å²) in [4.78, 5) is 14.3. The Labute approximate surface area is 175 Å². The van der Waals surface area contributed by atoms with Gasteiger partial charge in [0.05, 0.1) is 12.3 Å². The van der Waals surface area contributed by atoms with Crippen molar-refractivity contribution in [2.75, 3.05) is 12.4 Å². The summed E-state index contributed by atoms with van der Waals surface area (Å²) in [5.41, 5.74) is 0.643. The van der Waals surface area contributed by atoms with Crippen molar-refractivity contribution in [1.29, 1.82) is 0 Å². The molecule has 2 aromatic heterocycles. The molecule has 0 saturated carbocycles. The molecule has 2 atom stereocenters. The molecule has 0 fully saturated rings. The Morgan fingerprint density at radius 3 is 2.67 bits per heavy atom. The third-order valence-electron chi connectivity index (χ3n) is 4.99.